The van der Waals surface area contributed by atoms with Crippen molar-refractivity contribution in [3.8, 4) is 17.7 Å². The molecule has 3 N–H and O–H groups in total. The number of aromatic nitrogens is 2. The number of hydrogen-bond donors (Lipinski definition) is 2. The van der Waals surface area contributed by atoms with Crippen molar-refractivity contribution < 1.29 is 9.84 Å². The molecule has 1 aliphatic rings. The zero-order valence-corrected chi connectivity index (χ0v) is 11.8. The number of hydrogen-bond acceptors (Lipinski definition) is 6. The molecular weight excluding hydrogens is 292 g/mol. The Kier molecular flexibility index (Phi) is 2.68. The van der Waals surface area contributed by atoms with Gasteiger partial charge in [0.25, 0.3) is 0 Å². The number of rotatable bonds is 0. The third-order valence-electron chi connectivity index (χ3n) is 3.69. The first-order valence-electron chi connectivity index (χ1n) is 6.85. The topological polar surface area (TPSA) is 105 Å². The lowest BCUT2D eigenvalue weighted by Crippen LogP contribution is -2.29. The van der Waals surface area contributed by atoms with Crippen LogP contribution in [0.1, 0.15) is 5.56 Å². The highest BCUT2D eigenvalue weighted by atomic mass is 16.5. The van der Waals surface area contributed by atoms with Crippen LogP contribution in [-0.4, -0.2) is 15.1 Å². The molecule has 0 radical (unpaired) electrons. The highest BCUT2D eigenvalue weighted by molar-refractivity contribution is 5.96. The lowest BCUT2D eigenvalue weighted by atomic mass is 10.00. The van der Waals surface area contributed by atoms with Crippen LogP contribution >= 0.6 is 0 Å². The minimum atomic E-state index is -0.0287. The van der Waals surface area contributed by atoms with Crippen molar-refractivity contribution >= 4 is 28.4 Å². The molecule has 2 aromatic carbocycles. The first-order valence-corrected chi connectivity index (χ1v) is 6.85. The molecule has 0 fully saturated rings. The van der Waals surface area contributed by atoms with E-state index in [0.717, 1.165) is 16.8 Å². The van der Waals surface area contributed by atoms with Gasteiger partial charge in [-0.05, 0) is 16.8 Å². The summed E-state index contributed by atoms with van der Waals surface area (Å²) in [6, 6.07) is 13.2. The Morgan fingerprint density at radius 3 is 2.83 bits per heavy atom. The molecule has 0 unspecified atom stereocenters. The molecule has 0 spiro atoms. The zero-order valence-electron chi connectivity index (χ0n) is 11.8. The molecule has 1 aliphatic heterocycles. The molecule has 0 aliphatic carbocycles. The Morgan fingerprint density at radius 1 is 1.17 bits per heavy atom. The summed E-state index contributed by atoms with van der Waals surface area (Å²) in [6.07, 6.45) is 1.16. The summed E-state index contributed by atoms with van der Waals surface area (Å²) < 4.78 is 5.78. The molecule has 0 atom stereocenters. The van der Waals surface area contributed by atoms with Gasteiger partial charge in [-0.2, -0.15) is 10.2 Å². The highest BCUT2D eigenvalue weighted by Crippen LogP contribution is 2.36. The first kappa shape index (κ1) is 13.1. The van der Waals surface area contributed by atoms with Crippen molar-refractivity contribution in [2.75, 3.05) is 5.73 Å². The van der Waals surface area contributed by atoms with Gasteiger partial charge >= 0.3 is 0 Å². The van der Waals surface area contributed by atoms with Gasteiger partial charge < -0.3 is 15.6 Å². The van der Waals surface area contributed by atoms with Crippen molar-refractivity contribution in [2.45, 2.75) is 0 Å². The van der Waals surface area contributed by atoms with Gasteiger partial charge in [-0.3, -0.25) is 0 Å². The maximum Gasteiger partial charge on any atom is 0.236 e. The molecule has 3 aromatic rings. The zero-order chi connectivity index (χ0) is 16.0. The van der Waals surface area contributed by atoms with E-state index in [9.17, 15) is 5.11 Å². The third kappa shape index (κ3) is 1.88. The third-order valence-corrected chi connectivity index (χ3v) is 3.69. The number of benzene rings is 2. The normalized spacial score (nSPS) is 13.2. The average Bonchev–Trinajstić information content (AvgIpc) is 2.54. The van der Waals surface area contributed by atoms with Crippen LogP contribution in [-0.2, 0) is 0 Å². The SMILES string of the molecule is N#C/C=c1\nc(N)c2c(n1)Oc1ccc3ccccc3c1C=2O. The van der Waals surface area contributed by atoms with E-state index >= 15 is 0 Å². The van der Waals surface area contributed by atoms with Crippen LogP contribution < -0.4 is 21.2 Å². The van der Waals surface area contributed by atoms with Crippen LogP contribution in [0.3, 0.4) is 0 Å². The Morgan fingerprint density at radius 2 is 2.00 bits per heavy atom. The van der Waals surface area contributed by atoms with Gasteiger partial charge in [0.15, 0.2) is 5.48 Å². The molecule has 0 saturated carbocycles. The largest absolute Gasteiger partial charge is 0.506 e. The van der Waals surface area contributed by atoms with Crippen LogP contribution in [0.5, 0.6) is 11.6 Å². The first-order chi connectivity index (χ1) is 11.2. The summed E-state index contributed by atoms with van der Waals surface area (Å²) in [7, 11) is 0. The maximum absolute atomic E-state index is 10.7. The van der Waals surface area contributed by atoms with Crippen LogP contribution in [0, 0.1) is 11.3 Å². The molecular formula is C17H10N4O2. The molecule has 23 heavy (non-hydrogen) atoms. The molecule has 0 amide bonds. The standard InChI is InChI=1S/C17H10N4O2/c18-8-7-12-20-16(19)14-15(22)13-10-4-2-1-3-9(10)5-6-11(13)23-17(14)21-12/h1-7,22H,(H2,19,20)/b12-7+. The minimum Gasteiger partial charge on any atom is -0.506 e. The highest BCUT2D eigenvalue weighted by Gasteiger charge is 2.23. The molecule has 6 heteroatoms. The van der Waals surface area contributed by atoms with Gasteiger partial charge in [0.2, 0.25) is 5.88 Å². The summed E-state index contributed by atoms with van der Waals surface area (Å²) in [4.78, 5) is 8.13. The predicted octanol–water partition coefficient (Wildman–Crippen LogP) is 1.34. The van der Waals surface area contributed by atoms with E-state index in [1.54, 1.807) is 6.07 Å². The quantitative estimate of drug-likeness (QED) is 0.649. The number of aliphatic hydroxyl groups excluding tert-OH is 1. The smallest absolute Gasteiger partial charge is 0.236 e. The molecule has 0 saturated heterocycles. The molecule has 2 heterocycles. The van der Waals surface area contributed by atoms with Crippen molar-refractivity contribution in [2.24, 2.45) is 0 Å². The summed E-state index contributed by atoms with van der Waals surface area (Å²) in [5.41, 5.74) is 6.62. The van der Waals surface area contributed by atoms with Gasteiger partial charge in [-0.25, -0.2) is 4.98 Å². The maximum atomic E-state index is 10.7. The number of nitrogens with zero attached hydrogens (tertiary/aromatic N) is 3. The van der Waals surface area contributed by atoms with Crippen molar-refractivity contribution in [1.29, 1.82) is 5.26 Å². The Labute approximate surface area is 130 Å². The number of ether oxygens (including phenoxy) is 1. The summed E-state index contributed by atoms with van der Waals surface area (Å²) in [6.45, 7) is 0. The summed E-state index contributed by atoms with van der Waals surface area (Å²) >= 11 is 0. The summed E-state index contributed by atoms with van der Waals surface area (Å²) in [5.74, 6) is 0.653. The fraction of sp³-hybridized carbons (Fsp3) is 0. The number of nitrogen functional groups attached to an aromatic ring is 1. The summed E-state index contributed by atoms with van der Waals surface area (Å²) in [5, 5.41) is 21.5. The van der Waals surface area contributed by atoms with Crippen molar-refractivity contribution in [1.82, 2.24) is 9.97 Å². The number of aliphatic hydroxyl groups is 1. The van der Waals surface area contributed by atoms with Crippen LogP contribution in [0.2, 0.25) is 0 Å². The Bertz CT molecular complexity index is 1130. The van der Waals surface area contributed by atoms with E-state index in [4.69, 9.17) is 15.7 Å². The molecule has 0 bridgehead atoms. The van der Waals surface area contributed by atoms with E-state index in [1.165, 1.54) is 0 Å². The molecule has 4 rings (SSSR count). The minimum absolute atomic E-state index is 0.0287. The van der Waals surface area contributed by atoms with Gasteiger partial charge in [-0.1, -0.05) is 30.3 Å². The van der Waals surface area contributed by atoms with Crippen LogP contribution in [0.15, 0.2) is 36.4 Å². The Balaban J connectivity index is 2.15. The lowest BCUT2D eigenvalue weighted by molar-refractivity contribution is 0.427. The van der Waals surface area contributed by atoms with E-state index in [1.807, 2.05) is 36.4 Å². The van der Waals surface area contributed by atoms with Gasteiger partial charge in [0.05, 0.1) is 17.7 Å². The van der Waals surface area contributed by atoms with Crippen LogP contribution in [0.25, 0.3) is 22.6 Å². The van der Waals surface area contributed by atoms with Crippen molar-refractivity contribution in [3.63, 3.8) is 0 Å². The van der Waals surface area contributed by atoms with Gasteiger partial charge in [-0.15, -0.1) is 0 Å². The second-order valence-electron chi connectivity index (χ2n) is 5.03. The predicted molar refractivity (Wildman–Crippen MR) is 84.9 cm³/mol. The van der Waals surface area contributed by atoms with E-state index in [2.05, 4.69) is 9.97 Å². The van der Waals surface area contributed by atoms with Crippen LogP contribution in [0.4, 0.5) is 5.82 Å². The monoisotopic (exact) mass is 302 g/mol. The fourth-order valence-corrected chi connectivity index (χ4v) is 2.70. The Hall–Kier alpha value is -3.59. The average molecular weight is 302 g/mol. The molecule has 6 nitrogen and oxygen atoms in total. The number of nitriles is 1. The second kappa shape index (κ2) is 4.71. The fourth-order valence-electron chi connectivity index (χ4n) is 2.70. The second-order valence-corrected chi connectivity index (χ2v) is 5.03. The van der Waals surface area contributed by atoms with E-state index < -0.39 is 0 Å². The van der Waals surface area contributed by atoms with Gasteiger partial charge in [0.1, 0.15) is 22.5 Å². The van der Waals surface area contributed by atoms with Crippen molar-refractivity contribution in [3.05, 3.63) is 52.7 Å². The number of fused-ring (bicyclic) bond motifs is 4. The molecule has 1 aromatic heterocycles. The van der Waals surface area contributed by atoms with E-state index in [-0.39, 0.29) is 28.2 Å². The number of anilines is 1. The molecule has 110 valence electrons. The number of nitrogens with two attached hydrogens (primary N) is 1. The lowest BCUT2D eigenvalue weighted by Gasteiger charge is -2.18. The van der Waals surface area contributed by atoms with E-state index in [0.29, 0.717) is 11.3 Å². The van der Waals surface area contributed by atoms with Gasteiger partial charge in [0, 0.05) is 0 Å².